The van der Waals surface area contributed by atoms with Gasteiger partial charge in [0, 0.05) is 32.2 Å². The van der Waals surface area contributed by atoms with Crippen molar-refractivity contribution in [3.8, 4) is 0 Å². The van der Waals surface area contributed by atoms with Gasteiger partial charge < -0.3 is 4.74 Å². The fraction of sp³-hybridized carbons (Fsp3) is 0.600. The molecule has 5 nitrogen and oxygen atoms in total. The smallest absolute Gasteiger partial charge is 0.246 e. The van der Waals surface area contributed by atoms with Gasteiger partial charge in [-0.25, -0.2) is 17.2 Å². The van der Waals surface area contributed by atoms with Crippen LogP contribution in [0.3, 0.4) is 0 Å². The van der Waals surface area contributed by atoms with E-state index in [1.165, 1.54) is 4.31 Å². The summed E-state index contributed by atoms with van der Waals surface area (Å²) in [5.74, 6) is -1.67. The third-order valence-electron chi connectivity index (χ3n) is 4.50. The first-order chi connectivity index (χ1) is 11.0. The zero-order chi connectivity index (χ0) is 16.4. The molecule has 2 aliphatic heterocycles. The van der Waals surface area contributed by atoms with Crippen molar-refractivity contribution in [2.45, 2.75) is 23.8 Å². The van der Waals surface area contributed by atoms with Gasteiger partial charge in [-0.1, -0.05) is 0 Å². The molecular weight excluding hydrogens is 326 g/mol. The van der Waals surface area contributed by atoms with Gasteiger partial charge in [0.15, 0.2) is 0 Å². The normalized spacial score (nSPS) is 22.3. The summed E-state index contributed by atoms with van der Waals surface area (Å²) >= 11 is 0. The molecule has 0 aromatic heterocycles. The summed E-state index contributed by atoms with van der Waals surface area (Å²) in [7, 11) is -3.99. The van der Waals surface area contributed by atoms with Crippen LogP contribution in [0, 0.1) is 11.6 Å². The molecule has 128 valence electrons. The van der Waals surface area contributed by atoms with E-state index < -0.39 is 26.6 Å². The number of rotatable bonds is 3. The Morgan fingerprint density at radius 1 is 1.04 bits per heavy atom. The highest BCUT2D eigenvalue weighted by molar-refractivity contribution is 7.89. The van der Waals surface area contributed by atoms with Crippen LogP contribution in [0.15, 0.2) is 23.1 Å². The quantitative estimate of drug-likeness (QED) is 0.831. The van der Waals surface area contributed by atoms with Crippen LogP contribution in [0.25, 0.3) is 0 Å². The molecule has 2 fully saturated rings. The van der Waals surface area contributed by atoms with Crippen molar-refractivity contribution in [2.24, 2.45) is 0 Å². The lowest BCUT2D eigenvalue weighted by Crippen LogP contribution is -2.50. The minimum atomic E-state index is -3.99. The Bertz CT molecular complexity index is 655. The van der Waals surface area contributed by atoms with Crippen LogP contribution in [-0.2, 0) is 14.8 Å². The van der Waals surface area contributed by atoms with E-state index in [0.717, 1.165) is 31.3 Å². The summed E-state index contributed by atoms with van der Waals surface area (Å²) in [5, 5.41) is 0. The van der Waals surface area contributed by atoms with Crippen LogP contribution >= 0.6 is 0 Å². The Kier molecular flexibility index (Phi) is 4.96. The minimum Gasteiger partial charge on any atom is -0.379 e. The predicted molar refractivity (Wildman–Crippen MR) is 80.5 cm³/mol. The Balaban J connectivity index is 1.69. The molecule has 0 aliphatic carbocycles. The molecule has 0 unspecified atom stereocenters. The molecule has 1 aromatic carbocycles. The molecule has 23 heavy (non-hydrogen) atoms. The summed E-state index contributed by atoms with van der Waals surface area (Å²) in [4.78, 5) is 1.73. The van der Waals surface area contributed by atoms with Crippen LogP contribution in [0.5, 0.6) is 0 Å². The molecule has 0 N–H and O–H groups in total. The molecule has 0 spiro atoms. The van der Waals surface area contributed by atoms with E-state index in [0.29, 0.717) is 45.2 Å². The molecule has 1 aromatic rings. The van der Waals surface area contributed by atoms with Crippen molar-refractivity contribution in [2.75, 3.05) is 39.4 Å². The molecule has 8 heteroatoms. The predicted octanol–water partition coefficient (Wildman–Crippen LogP) is 1.45. The maximum absolute atomic E-state index is 13.8. The first-order valence-corrected chi connectivity index (χ1v) is 9.19. The second kappa shape index (κ2) is 6.80. The highest BCUT2D eigenvalue weighted by Gasteiger charge is 2.33. The zero-order valence-corrected chi connectivity index (χ0v) is 13.6. The second-order valence-electron chi connectivity index (χ2n) is 5.86. The third kappa shape index (κ3) is 3.55. The molecule has 0 radical (unpaired) electrons. The lowest BCUT2D eigenvalue weighted by molar-refractivity contribution is 0.00609. The number of hydrogen-bond donors (Lipinski definition) is 0. The van der Waals surface area contributed by atoms with E-state index in [1.54, 1.807) is 0 Å². The summed E-state index contributed by atoms with van der Waals surface area (Å²) in [6, 6.07) is 2.84. The van der Waals surface area contributed by atoms with Crippen LogP contribution in [-0.4, -0.2) is 63.1 Å². The fourth-order valence-electron chi connectivity index (χ4n) is 3.20. The lowest BCUT2D eigenvalue weighted by atomic mass is 10.0. The van der Waals surface area contributed by atoms with E-state index in [1.807, 2.05) is 0 Å². The average Bonchev–Trinajstić information content (AvgIpc) is 2.58. The maximum Gasteiger partial charge on any atom is 0.246 e. The molecule has 0 bridgehead atoms. The van der Waals surface area contributed by atoms with E-state index in [2.05, 4.69) is 4.90 Å². The second-order valence-corrected chi connectivity index (χ2v) is 7.76. The highest BCUT2D eigenvalue weighted by Crippen LogP contribution is 2.25. The van der Waals surface area contributed by atoms with E-state index >= 15 is 0 Å². The van der Waals surface area contributed by atoms with Crippen molar-refractivity contribution in [1.82, 2.24) is 9.21 Å². The van der Waals surface area contributed by atoms with Gasteiger partial charge in [-0.2, -0.15) is 4.31 Å². The number of nitrogens with zero attached hydrogens (tertiary/aromatic N) is 2. The summed E-state index contributed by atoms with van der Waals surface area (Å²) in [5.41, 5.74) is 0. The average molecular weight is 346 g/mol. The van der Waals surface area contributed by atoms with Crippen molar-refractivity contribution in [1.29, 1.82) is 0 Å². The van der Waals surface area contributed by atoms with Gasteiger partial charge in [-0.15, -0.1) is 0 Å². The number of sulfonamides is 1. The Hall–Kier alpha value is -1.09. The van der Waals surface area contributed by atoms with Gasteiger partial charge in [-0.05, 0) is 31.0 Å². The van der Waals surface area contributed by atoms with Crippen molar-refractivity contribution in [3.63, 3.8) is 0 Å². The van der Waals surface area contributed by atoms with E-state index in [-0.39, 0.29) is 0 Å². The zero-order valence-electron chi connectivity index (χ0n) is 12.7. The Labute approximate surface area is 134 Å². The number of hydrogen-bond acceptors (Lipinski definition) is 4. The maximum atomic E-state index is 13.8. The number of benzene rings is 1. The Morgan fingerprint density at radius 3 is 2.35 bits per heavy atom. The van der Waals surface area contributed by atoms with E-state index in [9.17, 15) is 17.2 Å². The van der Waals surface area contributed by atoms with Gasteiger partial charge >= 0.3 is 0 Å². The number of halogens is 2. The molecule has 0 amide bonds. The van der Waals surface area contributed by atoms with E-state index in [4.69, 9.17) is 4.74 Å². The largest absolute Gasteiger partial charge is 0.379 e. The number of morpholine rings is 1. The lowest BCUT2D eigenvalue weighted by Gasteiger charge is -2.39. The SMILES string of the molecule is O=S(=O)(c1cc(F)ccc1F)N1CCC(N2CCOCC2)CC1. The summed E-state index contributed by atoms with van der Waals surface area (Å²) < 4.78 is 58.7. The standard InChI is InChI=1S/C15H20F2N2O3S/c16-12-1-2-14(17)15(11-12)23(20,21)19-5-3-13(4-6-19)18-7-9-22-10-8-18/h1-2,11,13H,3-10H2. The van der Waals surface area contributed by atoms with Gasteiger partial charge in [0.05, 0.1) is 13.2 Å². The van der Waals surface area contributed by atoms with Gasteiger partial charge in [0.1, 0.15) is 16.5 Å². The van der Waals surface area contributed by atoms with Gasteiger partial charge in [0.25, 0.3) is 0 Å². The molecular formula is C15H20F2N2O3S. The molecule has 3 rings (SSSR count). The molecule has 0 saturated carbocycles. The monoisotopic (exact) mass is 346 g/mol. The summed E-state index contributed by atoms with van der Waals surface area (Å²) in [6.45, 7) is 3.76. The minimum absolute atomic E-state index is 0.320. The van der Waals surface area contributed by atoms with Crippen molar-refractivity contribution < 1.29 is 21.9 Å². The van der Waals surface area contributed by atoms with Crippen molar-refractivity contribution >= 4 is 10.0 Å². The number of ether oxygens (including phenoxy) is 1. The van der Waals surface area contributed by atoms with Gasteiger partial charge in [0.2, 0.25) is 10.0 Å². The first kappa shape index (κ1) is 16.8. The van der Waals surface area contributed by atoms with Crippen LogP contribution in [0.2, 0.25) is 0 Å². The number of piperidine rings is 1. The highest BCUT2D eigenvalue weighted by atomic mass is 32.2. The van der Waals surface area contributed by atoms with Crippen LogP contribution in [0.4, 0.5) is 8.78 Å². The molecule has 0 atom stereocenters. The summed E-state index contributed by atoms with van der Waals surface area (Å²) in [6.07, 6.45) is 1.38. The third-order valence-corrected chi connectivity index (χ3v) is 6.41. The van der Waals surface area contributed by atoms with Crippen LogP contribution < -0.4 is 0 Å². The fourth-order valence-corrected chi connectivity index (χ4v) is 4.75. The van der Waals surface area contributed by atoms with Gasteiger partial charge in [-0.3, -0.25) is 4.90 Å². The molecule has 2 heterocycles. The molecule has 2 aliphatic rings. The Morgan fingerprint density at radius 2 is 1.70 bits per heavy atom. The molecule has 2 saturated heterocycles. The topological polar surface area (TPSA) is 49.9 Å². The van der Waals surface area contributed by atoms with Crippen molar-refractivity contribution in [3.05, 3.63) is 29.8 Å². The first-order valence-electron chi connectivity index (χ1n) is 7.75. The van der Waals surface area contributed by atoms with Crippen LogP contribution in [0.1, 0.15) is 12.8 Å².